The summed E-state index contributed by atoms with van der Waals surface area (Å²) in [4.78, 5) is 5.86. The van der Waals surface area contributed by atoms with Crippen LogP contribution in [-0.4, -0.2) is 14.6 Å². The lowest BCUT2D eigenvalue weighted by molar-refractivity contribution is 0.438. The second kappa shape index (κ2) is 5.00. The molecule has 3 rings (SSSR count). The van der Waals surface area contributed by atoms with E-state index in [0.29, 0.717) is 11.8 Å². The summed E-state index contributed by atoms with van der Waals surface area (Å²) in [5, 5.41) is 5.85. The molecule has 2 heterocycles. The minimum atomic E-state index is 0.665. The lowest BCUT2D eigenvalue weighted by Crippen LogP contribution is -2.04. The molecule has 1 aliphatic carbocycles. The molecule has 18 heavy (non-hydrogen) atoms. The fourth-order valence-electron chi connectivity index (χ4n) is 2.79. The summed E-state index contributed by atoms with van der Waals surface area (Å²) in [5.74, 6) is 1.35. The Balaban J connectivity index is 1.81. The van der Waals surface area contributed by atoms with E-state index in [1.807, 2.05) is 4.52 Å². The Labute approximate surface area is 112 Å². The quantitative estimate of drug-likeness (QED) is 0.836. The molecule has 4 heteroatoms. The summed E-state index contributed by atoms with van der Waals surface area (Å²) in [6.45, 7) is 4.47. The summed E-state index contributed by atoms with van der Waals surface area (Å²) in [5.41, 5.74) is 1.27. The van der Waals surface area contributed by atoms with Gasteiger partial charge in [-0.2, -0.15) is 5.10 Å². The van der Waals surface area contributed by atoms with Crippen LogP contribution < -0.4 is 0 Å². The van der Waals surface area contributed by atoms with Crippen LogP contribution in [0.25, 0.3) is 4.96 Å². The molecule has 0 spiro atoms. The van der Waals surface area contributed by atoms with Gasteiger partial charge in [-0.3, -0.25) is 0 Å². The zero-order valence-corrected chi connectivity index (χ0v) is 12.0. The van der Waals surface area contributed by atoms with E-state index in [0.717, 1.165) is 11.4 Å². The third kappa shape index (κ3) is 2.44. The van der Waals surface area contributed by atoms with E-state index in [2.05, 4.69) is 25.1 Å². The summed E-state index contributed by atoms with van der Waals surface area (Å²) < 4.78 is 1.99. The Hall–Kier alpha value is -0.900. The number of aromatic nitrogens is 3. The van der Waals surface area contributed by atoms with Gasteiger partial charge in [0.1, 0.15) is 5.01 Å². The average Bonchev–Trinajstić information content (AvgIpc) is 2.87. The fraction of sp³-hybridized carbons (Fsp3) is 0.714. The van der Waals surface area contributed by atoms with Crippen molar-refractivity contribution in [3.8, 4) is 0 Å². The standard InChI is InChI=1S/C14H21N3S/c1-10(2)8-13-16-17-9-12(15-14(17)18-13)11-6-4-3-5-7-11/h9-11H,3-8H2,1-2H3. The van der Waals surface area contributed by atoms with Crippen molar-refractivity contribution in [1.82, 2.24) is 14.6 Å². The molecule has 0 saturated heterocycles. The first-order valence-electron chi connectivity index (χ1n) is 7.07. The molecule has 0 aliphatic heterocycles. The van der Waals surface area contributed by atoms with Gasteiger partial charge < -0.3 is 0 Å². The van der Waals surface area contributed by atoms with Crippen LogP contribution in [0.1, 0.15) is 62.6 Å². The average molecular weight is 263 g/mol. The number of hydrogen-bond acceptors (Lipinski definition) is 3. The fourth-order valence-corrected chi connectivity index (χ4v) is 3.88. The van der Waals surface area contributed by atoms with E-state index >= 15 is 0 Å². The lowest BCUT2D eigenvalue weighted by Gasteiger charge is -2.19. The number of hydrogen-bond donors (Lipinski definition) is 0. The Morgan fingerprint density at radius 3 is 2.78 bits per heavy atom. The third-order valence-corrected chi connectivity index (χ3v) is 4.65. The molecule has 0 unspecified atom stereocenters. The van der Waals surface area contributed by atoms with Crippen LogP contribution in [0.5, 0.6) is 0 Å². The molecule has 0 N–H and O–H groups in total. The van der Waals surface area contributed by atoms with Crippen LogP contribution in [0.3, 0.4) is 0 Å². The van der Waals surface area contributed by atoms with E-state index in [1.54, 1.807) is 11.3 Å². The summed E-state index contributed by atoms with van der Waals surface area (Å²) in [6, 6.07) is 0. The van der Waals surface area contributed by atoms with Crippen molar-refractivity contribution < 1.29 is 0 Å². The van der Waals surface area contributed by atoms with Crippen LogP contribution in [0.15, 0.2) is 6.20 Å². The molecule has 1 saturated carbocycles. The second-order valence-electron chi connectivity index (χ2n) is 5.82. The number of nitrogens with zero attached hydrogens (tertiary/aromatic N) is 3. The van der Waals surface area contributed by atoms with Gasteiger partial charge in [-0.15, -0.1) is 0 Å². The molecule has 0 radical (unpaired) electrons. The Bertz CT molecular complexity index is 489. The van der Waals surface area contributed by atoms with Gasteiger partial charge in [0, 0.05) is 12.3 Å². The van der Waals surface area contributed by atoms with Gasteiger partial charge in [-0.1, -0.05) is 44.4 Å². The zero-order valence-electron chi connectivity index (χ0n) is 11.2. The SMILES string of the molecule is CC(C)Cc1nn2cc(C3CCCCC3)nc2s1. The van der Waals surface area contributed by atoms with Crippen molar-refractivity contribution in [3.05, 3.63) is 16.9 Å². The molecule has 98 valence electrons. The van der Waals surface area contributed by atoms with Gasteiger partial charge in [0.15, 0.2) is 0 Å². The predicted molar refractivity (Wildman–Crippen MR) is 75.2 cm³/mol. The van der Waals surface area contributed by atoms with Gasteiger partial charge in [0.05, 0.1) is 11.9 Å². The predicted octanol–water partition coefficient (Wildman–Crippen LogP) is 4.04. The first-order valence-corrected chi connectivity index (χ1v) is 7.89. The summed E-state index contributed by atoms with van der Waals surface area (Å²) in [6.07, 6.45) is 9.96. The highest BCUT2D eigenvalue weighted by Gasteiger charge is 2.19. The highest BCUT2D eigenvalue weighted by atomic mass is 32.1. The molecule has 2 aromatic heterocycles. The van der Waals surface area contributed by atoms with Gasteiger partial charge in [0.25, 0.3) is 0 Å². The van der Waals surface area contributed by atoms with Crippen molar-refractivity contribution in [1.29, 1.82) is 0 Å². The molecular weight excluding hydrogens is 242 g/mol. The summed E-state index contributed by atoms with van der Waals surface area (Å²) >= 11 is 1.75. The third-order valence-electron chi connectivity index (χ3n) is 3.71. The molecule has 0 bridgehead atoms. The Morgan fingerprint density at radius 2 is 2.11 bits per heavy atom. The van der Waals surface area contributed by atoms with Crippen molar-refractivity contribution in [2.75, 3.05) is 0 Å². The van der Waals surface area contributed by atoms with Gasteiger partial charge >= 0.3 is 0 Å². The van der Waals surface area contributed by atoms with Crippen LogP contribution in [0.4, 0.5) is 0 Å². The van der Waals surface area contributed by atoms with Crippen molar-refractivity contribution in [3.63, 3.8) is 0 Å². The highest BCUT2D eigenvalue weighted by Crippen LogP contribution is 2.32. The van der Waals surface area contributed by atoms with E-state index in [9.17, 15) is 0 Å². The second-order valence-corrected chi connectivity index (χ2v) is 6.86. The minimum absolute atomic E-state index is 0.665. The van der Waals surface area contributed by atoms with Crippen molar-refractivity contribution >= 4 is 16.3 Å². The smallest absolute Gasteiger partial charge is 0.212 e. The van der Waals surface area contributed by atoms with E-state index < -0.39 is 0 Å². The highest BCUT2D eigenvalue weighted by molar-refractivity contribution is 7.16. The summed E-state index contributed by atoms with van der Waals surface area (Å²) in [7, 11) is 0. The Morgan fingerprint density at radius 1 is 1.33 bits per heavy atom. The molecule has 1 fully saturated rings. The monoisotopic (exact) mass is 263 g/mol. The maximum Gasteiger partial charge on any atom is 0.212 e. The zero-order chi connectivity index (χ0) is 12.5. The van der Waals surface area contributed by atoms with Gasteiger partial charge in [-0.25, -0.2) is 9.50 Å². The molecular formula is C14H21N3S. The van der Waals surface area contributed by atoms with Crippen LogP contribution >= 0.6 is 11.3 Å². The van der Waals surface area contributed by atoms with Gasteiger partial charge in [-0.05, 0) is 18.8 Å². The van der Waals surface area contributed by atoms with E-state index in [4.69, 9.17) is 4.98 Å². The number of imidazole rings is 1. The molecule has 1 aliphatic rings. The molecule has 3 nitrogen and oxygen atoms in total. The molecule has 0 atom stereocenters. The van der Waals surface area contributed by atoms with Crippen molar-refractivity contribution in [2.45, 2.75) is 58.3 Å². The van der Waals surface area contributed by atoms with E-state index in [-0.39, 0.29) is 0 Å². The van der Waals surface area contributed by atoms with Crippen LogP contribution in [0.2, 0.25) is 0 Å². The topological polar surface area (TPSA) is 30.2 Å². The Kier molecular flexibility index (Phi) is 3.37. The normalized spacial score (nSPS) is 17.9. The van der Waals surface area contributed by atoms with E-state index in [1.165, 1.54) is 42.8 Å². The molecule has 2 aromatic rings. The molecule has 0 aromatic carbocycles. The van der Waals surface area contributed by atoms with Gasteiger partial charge in [0.2, 0.25) is 4.96 Å². The van der Waals surface area contributed by atoms with Crippen LogP contribution in [0, 0.1) is 5.92 Å². The maximum atomic E-state index is 4.78. The number of fused-ring (bicyclic) bond motifs is 1. The lowest BCUT2D eigenvalue weighted by atomic mass is 9.87. The largest absolute Gasteiger partial charge is 0.222 e. The maximum absolute atomic E-state index is 4.78. The minimum Gasteiger partial charge on any atom is -0.222 e. The first-order chi connectivity index (χ1) is 8.72. The van der Waals surface area contributed by atoms with Crippen LogP contribution in [-0.2, 0) is 6.42 Å². The molecule has 0 amide bonds. The number of rotatable bonds is 3. The first kappa shape index (κ1) is 12.2. The van der Waals surface area contributed by atoms with Crippen molar-refractivity contribution in [2.24, 2.45) is 5.92 Å².